The maximum Gasteiger partial charge on any atom is 0.269 e. The molecule has 6 rings (SSSR count). The Morgan fingerprint density at radius 2 is 1.76 bits per heavy atom. The summed E-state index contributed by atoms with van der Waals surface area (Å²) in [6, 6.07) is 14.3. The van der Waals surface area contributed by atoms with E-state index in [9.17, 15) is 19.7 Å². The smallest absolute Gasteiger partial charge is 0.269 e. The van der Waals surface area contributed by atoms with Crippen molar-refractivity contribution in [1.29, 1.82) is 0 Å². The van der Waals surface area contributed by atoms with Crippen molar-refractivity contribution in [2.45, 2.75) is 13.0 Å². The van der Waals surface area contributed by atoms with Crippen LogP contribution >= 0.6 is 0 Å². The molecule has 0 radical (unpaired) electrons. The molecule has 2 aliphatic carbocycles. The first-order valence-electron chi connectivity index (χ1n) is 10.9. The Balaban J connectivity index is 1.31. The number of hydrogen-bond acceptors (Lipinski definition) is 5. The summed E-state index contributed by atoms with van der Waals surface area (Å²) < 4.78 is 1.99. The van der Waals surface area contributed by atoms with Gasteiger partial charge in [0.15, 0.2) is 0 Å². The minimum Gasteiger partial charge on any atom is -0.342 e. The molecule has 0 unspecified atom stereocenters. The Kier molecular flexibility index (Phi) is 4.29. The molecule has 2 aromatic carbocycles. The lowest BCUT2D eigenvalue weighted by Gasteiger charge is -2.13. The van der Waals surface area contributed by atoms with Crippen molar-refractivity contribution in [3.63, 3.8) is 0 Å². The van der Waals surface area contributed by atoms with Crippen LogP contribution in [-0.2, 0) is 16.1 Å². The molecule has 0 spiro atoms. The molecule has 33 heavy (non-hydrogen) atoms. The molecule has 2 heterocycles. The Labute approximate surface area is 188 Å². The van der Waals surface area contributed by atoms with Crippen molar-refractivity contribution in [2.24, 2.45) is 28.8 Å². The number of benzene rings is 2. The monoisotopic (exact) mass is 440 g/mol. The highest BCUT2D eigenvalue weighted by molar-refractivity contribution is 6.07. The minimum atomic E-state index is -0.406. The van der Waals surface area contributed by atoms with E-state index >= 15 is 0 Å². The quantitative estimate of drug-likeness (QED) is 0.198. The average molecular weight is 440 g/mol. The van der Waals surface area contributed by atoms with Gasteiger partial charge in [-0.1, -0.05) is 42.5 Å². The number of aromatic nitrogens is 1. The molecular weight excluding hydrogens is 420 g/mol. The van der Waals surface area contributed by atoms with Gasteiger partial charge >= 0.3 is 0 Å². The molecule has 4 atom stereocenters. The number of imide groups is 1. The maximum atomic E-state index is 12.9. The molecule has 1 saturated heterocycles. The summed E-state index contributed by atoms with van der Waals surface area (Å²) in [7, 11) is 0. The molecule has 2 fully saturated rings. The number of non-ortho nitro benzene ring substituents is 1. The fourth-order valence-corrected chi connectivity index (χ4v) is 5.59. The number of nitro groups is 1. The van der Waals surface area contributed by atoms with Crippen LogP contribution in [0.1, 0.15) is 17.5 Å². The number of allylic oxidation sites excluding steroid dienone is 2. The molecule has 1 saturated carbocycles. The molecule has 0 N–H and O–H groups in total. The van der Waals surface area contributed by atoms with Crippen LogP contribution in [0.5, 0.6) is 0 Å². The van der Waals surface area contributed by atoms with E-state index in [4.69, 9.17) is 0 Å². The van der Waals surface area contributed by atoms with Gasteiger partial charge in [-0.15, -0.1) is 0 Å². The first-order chi connectivity index (χ1) is 16.0. The lowest BCUT2D eigenvalue weighted by molar-refractivity contribution is -0.384. The van der Waals surface area contributed by atoms with Crippen LogP contribution in [-0.4, -0.2) is 32.5 Å². The lowest BCUT2D eigenvalue weighted by Crippen LogP contribution is -2.28. The number of nitro benzene ring substituents is 1. The van der Waals surface area contributed by atoms with E-state index in [1.807, 2.05) is 41.1 Å². The van der Waals surface area contributed by atoms with E-state index in [1.165, 1.54) is 6.07 Å². The summed E-state index contributed by atoms with van der Waals surface area (Å²) in [5, 5.41) is 17.4. The zero-order chi connectivity index (χ0) is 22.7. The normalized spacial score (nSPS) is 25.6. The van der Waals surface area contributed by atoms with E-state index in [2.05, 4.69) is 17.3 Å². The number of carbonyl (C=O) groups is 2. The third kappa shape index (κ3) is 3.01. The topological polar surface area (TPSA) is 97.8 Å². The Bertz CT molecular complexity index is 1360. The second-order valence-electron chi connectivity index (χ2n) is 8.89. The van der Waals surface area contributed by atoms with Gasteiger partial charge in [0.2, 0.25) is 0 Å². The van der Waals surface area contributed by atoms with Crippen LogP contribution in [0.2, 0.25) is 0 Å². The summed E-state index contributed by atoms with van der Waals surface area (Å²) in [6.07, 6.45) is 8.47. The number of hydrogen-bond donors (Lipinski definition) is 0. The van der Waals surface area contributed by atoms with Crippen molar-refractivity contribution >= 4 is 34.6 Å². The number of para-hydroxylation sites is 1. The number of hydrazone groups is 1. The largest absolute Gasteiger partial charge is 0.342 e. The fourth-order valence-electron chi connectivity index (χ4n) is 5.59. The maximum absolute atomic E-state index is 12.9. The average Bonchev–Trinajstić information content (AvgIpc) is 3.57. The molecule has 3 aliphatic rings. The molecule has 164 valence electrons. The summed E-state index contributed by atoms with van der Waals surface area (Å²) >= 11 is 0. The van der Waals surface area contributed by atoms with Crippen LogP contribution in [0, 0.1) is 33.8 Å². The number of nitrogens with zero attached hydrogens (tertiary/aromatic N) is 4. The molecule has 8 heteroatoms. The fraction of sp³-hybridized carbons (Fsp3) is 0.240. The lowest BCUT2D eigenvalue weighted by atomic mass is 9.85. The SMILES string of the molecule is O=C1[C@@H]2[C@H](C(=O)N1N=Cc1cn(Cc3cccc([N+](=O)[O-])c3)c3ccccc13)[C@H]1C=C[C@H]2C1. The van der Waals surface area contributed by atoms with Crippen LogP contribution in [0.3, 0.4) is 0 Å². The number of amides is 2. The van der Waals surface area contributed by atoms with E-state index in [0.29, 0.717) is 6.54 Å². The second-order valence-corrected chi connectivity index (χ2v) is 8.89. The third-order valence-electron chi connectivity index (χ3n) is 7.05. The van der Waals surface area contributed by atoms with Gasteiger partial charge in [0.25, 0.3) is 17.5 Å². The Morgan fingerprint density at radius 3 is 2.48 bits per heavy atom. The van der Waals surface area contributed by atoms with E-state index < -0.39 is 4.92 Å². The zero-order valence-electron chi connectivity index (χ0n) is 17.6. The molecule has 1 aliphatic heterocycles. The van der Waals surface area contributed by atoms with Gasteiger partial charge < -0.3 is 4.57 Å². The molecule has 2 amide bonds. The zero-order valence-corrected chi connectivity index (χ0v) is 17.6. The predicted octanol–water partition coefficient (Wildman–Crippen LogP) is 3.74. The molecule has 1 aromatic heterocycles. The summed E-state index contributed by atoms with van der Waals surface area (Å²) in [6.45, 7) is 0.441. The number of carbonyl (C=O) groups excluding carboxylic acids is 2. The highest BCUT2D eigenvalue weighted by Crippen LogP contribution is 2.52. The van der Waals surface area contributed by atoms with Gasteiger partial charge in [0.1, 0.15) is 0 Å². The highest BCUT2D eigenvalue weighted by atomic mass is 16.6. The van der Waals surface area contributed by atoms with Crippen molar-refractivity contribution in [2.75, 3.05) is 0 Å². The minimum absolute atomic E-state index is 0.0470. The van der Waals surface area contributed by atoms with Gasteiger partial charge in [0, 0.05) is 41.3 Å². The highest BCUT2D eigenvalue weighted by Gasteiger charge is 2.59. The standard InChI is InChI=1S/C25H20N4O4/c30-24-22-16-8-9-17(11-16)23(22)25(31)28(24)26-12-18-14-27(21-7-2-1-6-20(18)21)13-15-4-3-5-19(10-15)29(32)33/h1-10,12,14,16-17,22-23H,11,13H2/t16-,17-,22-,23+/m0/s1. The van der Waals surface area contributed by atoms with Crippen molar-refractivity contribution in [1.82, 2.24) is 9.58 Å². The first kappa shape index (κ1) is 19.6. The molecule has 2 bridgehead atoms. The summed E-state index contributed by atoms with van der Waals surface area (Å²) in [5.74, 6) is -0.682. The molecule has 3 aromatic rings. The van der Waals surface area contributed by atoms with Crippen LogP contribution in [0.4, 0.5) is 5.69 Å². The summed E-state index contributed by atoms with van der Waals surface area (Å²) in [4.78, 5) is 36.5. The summed E-state index contributed by atoms with van der Waals surface area (Å²) in [5.41, 5.74) is 2.55. The first-order valence-corrected chi connectivity index (χ1v) is 10.9. The third-order valence-corrected chi connectivity index (χ3v) is 7.05. The van der Waals surface area contributed by atoms with Gasteiger partial charge in [-0.2, -0.15) is 10.1 Å². The number of fused-ring (bicyclic) bond motifs is 6. The van der Waals surface area contributed by atoms with Gasteiger partial charge in [0.05, 0.1) is 23.0 Å². The Hall–Kier alpha value is -4.07. The van der Waals surface area contributed by atoms with Crippen molar-refractivity contribution in [3.8, 4) is 0 Å². The molecule has 8 nitrogen and oxygen atoms in total. The van der Waals surface area contributed by atoms with Crippen LogP contribution < -0.4 is 0 Å². The van der Waals surface area contributed by atoms with Crippen LogP contribution in [0.15, 0.2) is 72.0 Å². The van der Waals surface area contributed by atoms with E-state index in [-0.39, 0.29) is 41.2 Å². The van der Waals surface area contributed by atoms with E-state index in [0.717, 1.165) is 33.5 Å². The van der Waals surface area contributed by atoms with Gasteiger partial charge in [-0.3, -0.25) is 19.7 Å². The van der Waals surface area contributed by atoms with E-state index in [1.54, 1.807) is 18.3 Å². The number of rotatable bonds is 5. The van der Waals surface area contributed by atoms with Gasteiger partial charge in [-0.05, 0) is 29.9 Å². The Morgan fingerprint density at radius 1 is 1.03 bits per heavy atom. The van der Waals surface area contributed by atoms with Gasteiger partial charge in [-0.25, -0.2) is 0 Å². The predicted molar refractivity (Wildman–Crippen MR) is 121 cm³/mol. The second kappa shape index (κ2) is 7.23. The van der Waals surface area contributed by atoms with Crippen LogP contribution in [0.25, 0.3) is 10.9 Å². The van der Waals surface area contributed by atoms with Crippen molar-refractivity contribution < 1.29 is 14.5 Å². The molecular formula is C25H20N4O4. The van der Waals surface area contributed by atoms with Crippen molar-refractivity contribution in [3.05, 3.63) is 88.1 Å².